The molecule has 4 nitrogen and oxygen atoms in total. The molecule has 0 saturated heterocycles. The van der Waals surface area contributed by atoms with Gasteiger partial charge in [-0.1, -0.05) is 42.5 Å². The van der Waals surface area contributed by atoms with E-state index >= 15 is 0 Å². The van der Waals surface area contributed by atoms with Crippen molar-refractivity contribution in [1.29, 1.82) is 0 Å². The van der Waals surface area contributed by atoms with Crippen LogP contribution in [0, 0.1) is 11.6 Å². The molecule has 0 aliphatic carbocycles. The molecule has 2 aromatic carbocycles. The highest BCUT2D eigenvalue weighted by Crippen LogP contribution is 2.01. The fourth-order valence-corrected chi connectivity index (χ4v) is 1.20. The Morgan fingerprint density at radius 3 is 1.95 bits per heavy atom. The summed E-state index contributed by atoms with van der Waals surface area (Å²) in [5.74, 6) is 3.21. The summed E-state index contributed by atoms with van der Waals surface area (Å²) in [5.41, 5.74) is 2.81. The molecule has 20 heavy (non-hydrogen) atoms. The van der Waals surface area contributed by atoms with Crippen LogP contribution >= 0.6 is 0 Å². The molecule has 0 heterocycles. The van der Waals surface area contributed by atoms with Gasteiger partial charge < -0.3 is 4.74 Å². The number of carbonyl (C=O) groups excluding carboxylic acids is 1. The molecular weight excluding hydrogens is 266 g/mol. The quantitative estimate of drug-likeness (QED) is 0.505. The summed E-state index contributed by atoms with van der Waals surface area (Å²) in [5, 5.41) is 0. The van der Waals surface area contributed by atoms with Crippen LogP contribution in [-0.4, -0.2) is 6.09 Å². The van der Waals surface area contributed by atoms with Crippen molar-refractivity contribution in [3.63, 3.8) is 0 Å². The van der Waals surface area contributed by atoms with Crippen molar-refractivity contribution >= 4 is 6.09 Å². The number of nitrogens with one attached hydrogen (secondary N) is 1. The molecule has 1 amide bonds. The fraction of sp³-hybridized carbons (Fsp3) is 0.0714. The van der Waals surface area contributed by atoms with E-state index in [2.05, 4.69) is 0 Å². The van der Waals surface area contributed by atoms with Gasteiger partial charge in [0.2, 0.25) is 0 Å². The van der Waals surface area contributed by atoms with E-state index in [9.17, 15) is 13.6 Å². The fourth-order valence-electron chi connectivity index (χ4n) is 1.20. The van der Waals surface area contributed by atoms with E-state index < -0.39 is 17.7 Å². The van der Waals surface area contributed by atoms with Gasteiger partial charge in [0.25, 0.3) is 0 Å². The van der Waals surface area contributed by atoms with Crippen molar-refractivity contribution < 1.29 is 18.3 Å². The Labute approximate surface area is 115 Å². The first kappa shape index (κ1) is 15.6. The Morgan fingerprint density at radius 1 is 1.00 bits per heavy atom. The summed E-state index contributed by atoms with van der Waals surface area (Å²) >= 11 is 0. The zero-order chi connectivity index (χ0) is 14.8. The third-order valence-electron chi connectivity index (χ3n) is 2.15. The normalized spacial score (nSPS) is 9.15. The zero-order valence-corrected chi connectivity index (χ0v) is 10.6. The Hall–Kier alpha value is -2.47. The van der Waals surface area contributed by atoms with Gasteiger partial charge in [0.1, 0.15) is 6.61 Å². The van der Waals surface area contributed by atoms with Gasteiger partial charge in [0, 0.05) is 0 Å². The molecule has 0 unspecified atom stereocenters. The second-order valence-electron chi connectivity index (χ2n) is 3.62. The average Bonchev–Trinajstić information content (AvgIpc) is 2.49. The number of benzene rings is 2. The van der Waals surface area contributed by atoms with E-state index in [4.69, 9.17) is 10.6 Å². The van der Waals surface area contributed by atoms with Crippen molar-refractivity contribution in [3.05, 3.63) is 71.8 Å². The lowest BCUT2D eigenvalue weighted by atomic mass is 10.2. The highest BCUT2D eigenvalue weighted by molar-refractivity contribution is 5.66. The van der Waals surface area contributed by atoms with Gasteiger partial charge in [-0.2, -0.15) is 0 Å². The second kappa shape index (κ2) is 8.60. The number of hydrazine groups is 1. The number of carbonyl (C=O) groups is 1. The number of ether oxygens (including phenoxy) is 1. The summed E-state index contributed by atoms with van der Waals surface area (Å²) in [6.07, 6.45) is -0.626. The predicted octanol–water partition coefficient (Wildman–Crippen LogP) is 2.75. The second-order valence-corrected chi connectivity index (χ2v) is 3.62. The monoisotopic (exact) mass is 280 g/mol. The van der Waals surface area contributed by atoms with Crippen molar-refractivity contribution in [2.75, 3.05) is 0 Å². The lowest BCUT2D eigenvalue weighted by Gasteiger charge is -2.02. The molecule has 0 aliphatic heterocycles. The predicted molar refractivity (Wildman–Crippen MR) is 70.3 cm³/mol. The number of rotatable bonds is 2. The van der Waals surface area contributed by atoms with Crippen LogP contribution in [0.4, 0.5) is 13.6 Å². The number of hydrogen-bond donors (Lipinski definition) is 2. The zero-order valence-electron chi connectivity index (χ0n) is 10.6. The van der Waals surface area contributed by atoms with Crippen LogP contribution in [0.5, 0.6) is 0 Å². The maximum atomic E-state index is 11.9. The van der Waals surface area contributed by atoms with E-state index in [0.29, 0.717) is 0 Å². The molecule has 0 fully saturated rings. The maximum absolute atomic E-state index is 11.9. The maximum Gasteiger partial charge on any atom is 0.421 e. The number of amides is 1. The molecule has 0 saturated carbocycles. The topological polar surface area (TPSA) is 64.3 Å². The molecule has 106 valence electrons. The van der Waals surface area contributed by atoms with Crippen molar-refractivity contribution in [3.8, 4) is 0 Å². The third-order valence-corrected chi connectivity index (χ3v) is 2.15. The van der Waals surface area contributed by atoms with Gasteiger partial charge in [-0.15, -0.1) is 0 Å². The molecule has 0 spiro atoms. The van der Waals surface area contributed by atoms with Crippen LogP contribution in [0.2, 0.25) is 0 Å². The molecule has 2 rings (SSSR count). The summed E-state index contributed by atoms with van der Waals surface area (Å²) in [6, 6.07) is 14.4. The highest BCUT2D eigenvalue weighted by atomic mass is 19.2. The van der Waals surface area contributed by atoms with E-state index in [1.54, 1.807) is 0 Å². The van der Waals surface area contributed by atoms with Crippen LogP contribution in [0.1, 0.15) is 5.56 Å². The summed E-state index contributed by atoms with van der Waals surface area (Å²) in [4.78, 5) is 10.5. The Balaban J connectivity index is 0.000000217. The van der Waals surface area contributed by atoms with Crippen LogP contribution in [-0.2, 0) is 11.3 Å². The third kappa shape index (κ3) is 5.92. The SMILES string of the molecule is Fc1ccccc1F.NNC(=O)OCc1ccccc1. The number of nitrogens with two attached hydrogens (primary N) is 1. The van der Waals surface area contributed by atoms with E-state index in [1.807, 2.05) is 35.8 Å². The number of halogens is 2. The summed E-state index contributed by atoms with van der Waals surface area (Å²) in [7, 11) is 0. The Bertz CT molecular complexity index is 515. The molecular formula is C14H14F2N2O2. The van der Waals surface area contributed by atoms with Crippen LogP contribution in [0.15, 0.2) is 54.6 Å². The summed E-state index contributed by atoms with van der Waals surface area (Å²) < 4.78 is 28.6. The van der Waals surface area contributed by atoms with Gasteiger partial charge >= 0.3 is 6.09 Å². The van der Waals surface area contributed by atoms with E-state index in [1.165, 1.54) is 12.1 Å². The number of hydrogen-bond acceptors (Lipinski definition) is 3. The first-order valence-corrected chi connectivity index (χ1v) is 5.71. The van der Waals surface area contributed by atoms with Crippen LogP contribution < -0.4 is 11.3 Å². The van der Waals surface area contributed by atoms with Gasteiger partial charge in [0.05, 0.1) is 0 Å². The lowest BCUT2D eigenvalue weighted by molar-refractivity contribution is 0.140. The van der Waals surface area contributed by atoms with Crippen LogP contribution in [0.3, 0.4) is 0 Å². The van der Waals surface area contributed by atoms with E-state index in [-0.39, 0.29) is 6.61 Å². The van der Waals surface area contributed by atoms with E-state index in [0.717, 1.165) is 17.7 Å². The molecule has 0 aliphatic rings. The largest absolute Gasteiger partial charge is 0.444 e. The summed E-state index contributed by atoms with van der Waals surface area (Å²) in [6.45, 7) is 0.240. The Morgan fingerprint density at radius 2 is 1.50 bits per heavy atom. The molecule has 0 atom stereocenters. The first-order chi connectivity index (χ1) is 9.63. The smallest absolute Gasteiger partial charge is 0.421 e. The van der Waals surface area contributed by atoms with Crippen molar-refractivity contribution in [2.45, 2.75) is 6.61 Å². The molecule has 0 aromatic heterocycles. The molecule has 2 aromatic rings. The van der Waals surface area contributed by atoms with Gasteiger partial charge in [-0.25, -0.2) is 19.4 Å². The highest BCUT2D eigenvalue weighted by Gasteiger charge is 1.97. The van der Waals surface area contributed by atoms with Crippen LogP contribution in [0.25, 0.3) is 0 Å². The van der Waals surface area contributed by atoms with Gasteiger partial charge in [-0.05, 0) is 17.7 Å². The lowest BCUT2D eigenvalue weighted by Crippen LogP contribution is -2.30. The Kier molecular flexibility index (Phi) is 6.70. The first-order valence-electron chi connectivity index (χ1n) is 5.71. The molecule has 6 heteroatoms. The minimum Gasteiger partial charge on any atom is -0.444 e. The molecule has 3 N–H and O–H groups in total. The minimum absolute atomic E-state index is 0.240. The molecule has 0 radical (unpaired) electrons. The van der Waals surface area contributed by atoms with Gasteiger partial charge in [-0.3, -0.25) is 5.43 Å². The van der Waals surface area contributed by atoms with Crippen molar-refractivity contribution in [1.82, 2.24) is 5.43 Å². The molecule has 0 bridgehead atoms. The minimum atomic E-state index is -0.799. The standard InChI is InChI=1S/C8H10N2O2.C6H4F2/c9-10-8(11)12-6-7-4-2-1-3-5-7;7-5-3-1-2-4-6(5)8/h1-5H,6,9H2,(H,10,11);1-4H. The van der Waals surface area contributed by atoms with Gasteiger partial charge in [0.15, 0.2) is 11.6 Å². The van der Waals surface area contributed by atoms with Crippen molar-refractivity contribution in [2.24, 2.45) is 5.84 Å². The average molecular weight is 280 g/mol.